The van der Waals surface area contributed by atoms with Gasteiger partial charge in [-0.3, -0.25) is 0 Å². The minimum Gasteiger partial charge on any atom is -0.0695 e. The van der Waals surface area contributed by atoms with E-state index in [1.165, 1.54) is 25.7 Å². The summed E-state index contributed by atoms with van der Waals surface area (Å²) < 4.78 is 0. The summed E-state index contributed by atoms with van der Waals surface area (Å²) in [6.45, 7) is 9.91. The van der Waals surface area contributed by atoms with Gasteiger partial charge in [-0.2, -0.15) is 0 Å². The fourth-order valence-corrected chi connectivity index (χ4v) is 4.93. The Morgan fingerprint density at radius 1 is 1.08 bits per heavy atom. The van der Waals surface area contributed by atoms with Crippen molar-refractivity contribution in [1.29, 1.82) is 0 Å². The van der Waals surface area contributed by atoms with Gasteiger partial charge in [-0.15, -0.1) is 0 Å². The van der Waals surface area contributed by atoms with Crippen molar-refractivity contribution >= 4 is 8.07 Å². The first kappa shape index (κ1) is 11.3. The van der Waals surface area contributed by atoms with E-state index in [1.807, 2.05) is 0 Å². The summed E-state index contributed by atoms with van der Waals surface area (Å²) >= 11 is 0. The predicted octanol–water partition coefficient (Wildman–Crippen LogP) is 4.54. The fraction of sp³-hybridized carbons (Fsp3) is 1.00. The Morgan fingerprint density at radius 3 is 2.23 bits per heavy atom. The van der Waals surface area contributed by atoms with Gasteiger partial charge in [-0.05, 0) is 18.3 Å². The van der Waals surface area contributed by atoms with E-state index in [2.05, 4.69) is 26.6 Å². The van der Waals surface area contributed by atoms with E-state index in [0.717, 1.165) is 11.8 Å². The van der Waals surface area contributed by atoms with E-state index in [-0.39, 0.29) is 0 Å². The van der Waals surface area contributed by atoms with Crippen LogP contribution in [0.4, 0.5) is 0 Å². The Morgan fingerprint density at radius 2 is 1.69 bits per heavy atom. The first-order valence-corrected chi connectivity index (χ1v) is 9.72. The molecule has 0 saturated heterocycles. The Hall–Kier alpha value is 0.217. The molecule has 1 rings (SSSR count). The predicted molar refractivity (Wildman–Crippen MR) is 63.9 cm³/mol. The van der Waals surface area contributed by atoms with E-state index in [1.54, 1.807) is 12.5 Å². The van der Waals surface area contributed by atoms with Crippen LogP contribution >= 0.6 is 0 Å². The lowest BCUT2D eigenvalue weighted by molar-refractivity contribution is 0.275. The largest absolute Gasteiger partial charge is 0.0695 e. The molecule has 0 aromatic carbocycles. The topological polar surface area (TPSA) is 0 Å². The summed E-state index contributed by atoms with van der Waals surface area (Å²) in [6.07, 6.45) is 7.51. The first-order chi connectivity index (χ1) is 6.01. The highest BCUT2D eigenvalue weighted by molar-refractivity contribution is 6.76. The Kier molecular flexibility index (Phi) is 4.02. The van der Waals surface area contributed by atoms with Crippen molar-refractivity contribution in [3.05, 3.63) is 0 Å². The maximum atomic E-state index is 2.52. The van der Waals surface area contributed by atoms with Gasteiger partial charge in [-0.1, -0.05) is 58.3 Å². The molecule has 13 heavy (non-hydrogen) atoms. The molecule has 0 aromatic rings. The van der Waals surface area contributed by atoms with Crippen LogP contribution in [0, 0.1) is 11.8 Å². The molecule has 0 aromatic heterocycles. The maximum Gasteiger partial charge on any atom is 0.0445 e. The highest BCUT2D eigenvalue weighted by Gasteiger charge is 2.25. The van der Waals surface area contributed by atoms with Crippen molar-refractivity contribution in [2.24, 2.45) is 11.8 Å². The molecule has 0 radical (unpaired) electrons. The zero-order valence-electron chi connectivity index (χ0n) is 9.90. The molecule has 0 N–H and O–H groups in total. The van der Waals surface area contributed by atoms with Gasteiger partial charge in [0.15, 0.2) is 0 Å². The molecule has 1 heteroatoms. The van der Waals surface area contributed by atoms with Crippen LogP contribution in [-0.2, 0) is 0 Å². The average molecular weight is 198 g/mol. The molecule has 1 aliphatic rings. The molecule has 0 spiro atoms. The van der Waals surface area contributed by atoms with Gasteiger partial charge >= 0.3 is 0 Å². The van der Waals surface area contributed by atoms with Crippen LogP contribution in [0.2, 0.25) is 25.7 Å². The Bertz CT molecular complexity index is 146. The second-order valence-corrected chi connectivity index (χ2v) is 11.6. The van der Waals surface area contributed by atoms with Gasteiger partial charge in [0.25, 0.3) is 0 Å². The van der Waals surface area contributed by atoms with Gasteiger partial charge in [0.2, 0.25) is 0 Å². The lowest BCUT2D eigenvalue weighted by atomic mass is 9.81. The maximum absolute atomic E-state index is 2.52. The zero-order chi connectivity index (χ0) is 9.90. The summed E-state index contributed by atoms with van der Waals surface area (Å²) in [5, 5.41) is 0. The highest BCUT2D eigenvalue weighted by atomic mass is 28.3. The molecular formula is C12H26Si. The minimum absolute atomic E-state index is 0.787. The molecule has 0 amide bonds. The smallest absolute Gasteiger partial charge is 0.0445 e. The molecule has 0 bridgehead atoms. The lowest BCUT2D eigenvalue weighted by Crippen LogP contribution is -2.27. The van der Waals surface area contributed by atoms with Crippen LogP contribution in [0.3, 0.4) is 0 Å². The molecule has 1 saturated carbocycles. The van der Waals surface area contributed by atoms with Gasteiger partial charge < -0.3 is 0 Å². The van der Waals surface area contributed by atoms with Gasteiger partial charge in [-0.25, -0.2) is 0 Å². The quantitative estimate of drug-likeness (QED) is 0.584. The van der Waals surface area contributed by atoms with Crippen LogP contribution in [0.15, 0.2) is 0 Å². The molecule has 0 heterocycles. The molecule has 1 fully saturated rings. The van der Waals surface area contributed by atoms with Crippen molar-refractivity contribution in [2.75, 3.05) is 0 Å². The molecule has 78 valence electrons. The lowest BCUT2D eigenvalue weighted by Gasteiger charge is -2.32. The molecule has 2 unspecified atom stereocenters. The highest BCUT2D eigenvalue weighted by Crippen LogP contribution is 2.35. The number of hydrogen-bond donors (Lipinski definition) is 0. The van der Waals surface area contributed by atoms with E-state index < -0.39 is 8.07 Å². The summed E-state index contributed by atoms with van der Waals surface area (Å²) in [7, 11) is -0.787. The van der Waals surface area contributed by atoms with Crippen LogP contribution in [0.1, 0.15) is 39.0 Å². The first-order valence-electron chi connectivity index (χ1n) is 6.01. The van der Waals surface area contributed by atoms with Gasteiger partial charge in [0.1, 0.15) is 0 Å². The molecular weight excluding hydrogens is 172 g/mol. The normalized spacial score (nSPS) is 30.5. The van der Waals surface area contributed by atoms with E-state index in [9.17, 15) is 0 Å². The zero-order valence-corrected chi connectivity index (χ0v) is 10.9. The third-order valence-electron chi connectivity index (χ3n) is 3.37. The van der Waals surface area contributed by atoms with Crippen molar-refractivity contribution in [3.63, 3.8) is 0 Å². The van der Waals surface area contributed by atoms with E-state index in [0.29, 0.717) is 0 Å². The minimum atomic E-state index is -0.787. The standard InChI is InChI=1S/C12H26Si/c1-5-11-7-6-8-12(9-11)10-13(2,3)4/h11-12H,5-10H2,1-4H3. The third kappa shape index (κ3) is 4.30. The summed E-state index contributed by atoms with van der Waals surface area (Å²) in [5.41, 5.74) is 0. The van der Waals surface area contributed by atoms with E-state index >= 15 is 0 Å². The molecule has 0 aliphatic heterocycles. The third-order valence-corrected chi connectivity index (χ3v) is 5.17. The van der Waals surface area contributed by atoms with Crippen molar-refractivity contribution in [2.45, 2.75) is 64.7 Å². The fourth-order valence-electron chi connectivity index (χ4n) is 2.82. The average Bonchev–Trinajstić information content (AvgIpc) is 2.01. The van der Waals surface area contributed by atoms with E-state index in [4.69, 9.17) is 0 Å². The van der Waals surface area contributed by atoms with Gasteiger partial charge in [0, 0.05) is 8.07 Å². The Balaban J connectivity index is 2.34. The second kappa shape index (κ2) is 4.63. The summed E-state index contributed by atoms with van der Waals surface area (Å²) in [5.74, 6) is 2.15. The summed E-state index contributed by atoms with van der Waals surface area (Å²) in [6, 6.07) is 1.57. The molecule has 1 aliphatic carbocycles. The molecule has 0 nitrogen and oxygen atoms in total. The SMILES string of the molecule is CCC1CCCC(C[Si](C)(C)C)C1. The van der Waals surface area contributed by atoms with Crippen LogP contribution in [0.5, 0.6) is 0 Å². The Labute approximate surface area is 85.1 Å². The van der Waals surface area contributed by atoms with Crippen molar-refractivity contribution in [3.8, 4) is 0 Å². The van der Waals surface area contributed by atoms with Crippen molar-refractivity contribution in [1.82, 2.24) is 0 Å². The second-order valence-electron chi connectivity index (χ2n) is 6.07. The van der Waals surface area contributed by atoms with Gasteiger partial charge in [0.05, 0.1) is 0 Å². The number of hydrogen-bond acceptors (Lipinski definition) is 0. The van der Waals surface area contributed by atoms with Crippen LogP contribution in [-0.4, -0.2) is 8.07 Å². The van der Waals surface area contributed by atoms with Crippen LogP contribution in [0.25, 0.3) is 0 Å². The van der Waals surface area contributed by atoms with Crippen LogP contribution < -0.4 is 0 Å². The van der Waals surface area contributed by atoms with Crippen molar-refractivity contribution < 1.29 is 0 Å². The summed E-state index contributed by atoms with van der Waals surface area (Å²) in [4.78, 5) is 0. The monoisotopic (exact) mass is 198 g/mol. The number of rotatable bonds is 3. The molecule has 2 atom stereocenters.